The Bertz CT molecular complexity index is 267. The molecule has 0 radical (unpaired) electrons. The summed E-state index contributed by atoms with van der Waals surface area (Å²) in [5, 5.41) is 0. The predicted octanol–water partition coefficient (Wildman–Crippen LogP) is 2.15. The Balaban J connectivity index is 1.80. The third-order valence-electron chi connectivity index (χ3n) is 4.62. The lowest BCUT2D eigenvalue weighted by Gasteiger charge is -2.29. The second-order valence-corrected chi connectivity index (χ2v) is 5.82. The van der Waals surface area contributed by atoms with E-state index in [9.17, 15) is 4.79 Å². The van der Waals surface area contributed by atoms with E-state index in [1.807, 2.05) is 0 Å². The highest BCUT2D eigenvalue weighted by Gasteiger charge is 2.29. The van der Waals surface area contributed by atoms with E-state index in [2.05, 4.69) is 11.8 Å². The van der Waals surface area contributed by atoms with Crippen LogP contribution in [0.2, 0.25) is 0 Å². The molecule has 1 heterocycles. The average Bonchev–Trinajstić information content (AvgIpc) is 2.81. The zero-order chi connectivity index (χ0) is 12.3. The Kier molecular flexibility index (Phi) is 4.43. The normalized spacial score (nSPS) is 34.0. The molecule has 0 aromatic carbocycles. The summed E-state index contributed by atoms with van der Waals surface area (Å²) in [6, 6.07) is 0.261. The SMILES string of the molecule is CCC1CCN(C(=O)CC2CCCCC2N)C1. The largest absolute Gasteiger partial charge is 0.342 e. The van der Waals surface area contributed by atoms with E-state index in [1.54, 1.807) is 0 Å². The molecule has 0 aromatic rings. The Morgan fingerprint density at radius 3 is 2.71 bits per heavy atom. The highest BCUT2D eigenvalue weighted by atomic mass is 16.2. The van der Waals surface area contributed by atoms with Crippen LogP contribution in [0.25, 0.3) is 0 Å². The number of nitrogens with zero attached hydrogens (tertiary/aromatic N) is 1. The van der Waals surface area contributed by atoms with Crippen LogP contribution in [0.5, 0.6) is 0 Å². The highest BCUT2D eigenvalue weighted by molar-refractivity contribution is 5.76. The van der Waals surface area contributed by atoms with Gasteiger partial charge in [-0.05, 0) is 31.1 Å². The summed E-state index contributed by atoms with van der Waals surface area (Å²) >= 11 is 0. The quantitative estimate of drug-likeness (QED) is 0.819. The van der Waals surface area contributed by atoms with Crippen LogP contribution in [-0.2, 0) is 4.79 Å². The van der Waals surface area contributed by atoms with Gasteiger partial charge in [0.25, 0.3) is 0 Å². The smallest absolute Gasteiger partial charge is 0.222 e. The van der Waals surface area contributed by atoms with Gasteiger partial charge in [0, 0.05) is 25.6 Å². The van der Waals surface area contributed by atoms with Gasteiger partial charge in [0.05, 0.1) is 0 Å². The fourth-order valence-electron chi connectivity index (χ4n) is 3.24. The van der Waals surface area contributed by atoms with Gasteiger partial charge in [-0.1, -0.05) is 26.2 Å². The Morgan fingerprint density at radius 2 is 2.06 bits per heavy atom. The number of hydrogen-bond acceptors (Lipinski definition) is 2. The molecule has 3 atom stereocenters. The zero-order valence-corrected chi connectivity index (χ0v) is 11.0. The molecule has 1 aliphatic heterocycles. The van der Waals surface area contributed by atoms with Crippen molar-refractivity contribution in [2.45, 2.75) is 57.9 Å². The van der Waals surface area contributed by atoms with Gasteiger partial charge in [0.2, 0.25) is 5.91 Å². The molecule has 0 bridgehead atoms. The minimum atomic E-state index is 0.261. The van der Waals surface area contributed by atoms with Gasteiger partial charge in [-0.2, -0.15) is 0 Å². The van der Waals surface area contributed by atoms with E-state index in [0.717, 1.165) is 31.8 Å². The number of likely N-dealkylation sites (tertiary alicyclic amines) is 1. The average molecular weight is 238 g/mol. The van der Waals surface area contributed by atoms with Gasteiger partial charge in [0.1, 0.15) is 0 Å². The third-order valence-corrected chi connectivity index (χ3v) is 4.62. The summed E-state index contributed by atoms with van der Waals surface area (Å²) in [6.07, 6.45) is 7.84. The summed E-state index contributed by atoms with van der Waals surface area (Å²) in [5.41, 5.74) is 6.11. The second-order valence-electron chi connectivity index (χ2n) is 5.82. The Morgan fingerprint density at radius 1 is 1.29 bits per heavy atom. The first-order valence-corrected chi connectivity index (χ1v) is 7.24. The van der Waals surface area contributed by atoms with Crippen LogP contribution in [0.3, 0.4) is 0 Å². The van der Waals surface area contributed by atoms with Crippen molar-refractivity contribution < 1.29 is 4.79 Å². The summed E-state index contributed by atoms with van der Waals surface area (Å²) in [5.74, 6) is 1.53. The molecule has 0 aromatic heterocycles. The number of rotatable bonds is 3. The molecule has 1 aliphatic carbocycles. The van der Waals surface area contributed by atoms with E-state index < -0.39 is 0 Å². The van der Waals surface area contributed by atoms with Gasteiger partial charge in [0.15, 0.2) is 0 Å². The highest BCUT2D eigenvalue weighted by Crippen LogP contribution is 2.27. The summed E-state index contributed by atoms with van der Waals surface area (Å²) in [6.45, 7) is 4.17. The number of hydrogen-bond donors (Lipinski definition) is 1. The van der Waals surface area contributed by atoms with Crippen LogP contribution in [0, 0.1) is 11.8 Å². The summed E-state index contributed by atoms with van der Waals surface area (Å²) in [4.78, 5) is 14.3. The molecule has 1 saturated heterocycles. The van der Waals surface area contributed by atoms with Gasteiger partial charge in [-0.25, -0.2) is 0 Å². The lowest BCUT2D eigenvalue weighted by molar-refractivity contribution is -0.131. The molecule has 3 unspecified atom stereocenters. The van der Waals surface area contributed by atoms with Crippen LogP contribution in [0.4, 0.5) is 0 Å². The van der Waals surface area contributed by atoms with Crippen molar-refractivity contribution in [3.63, 3.8) is 0 Å². The summed E-state index contributed by atoms with van der Waals surface area (Å²) < 4.78 is 0. The maximum absolute atomic E-state index is 12.2. The maximum Gasteiger partial charge on any atom is 0.222 e. The molecule has 2 aliphatic rings. The molecule has 3 heteroatoms. The van der Waals surface area contributed by atoms with Crippen LogP contribution >= 0.6 is 0 Å². The molecule has 3 nitrogen and oxygen atoms in total. The Hall–Kier alpha value is -0.570. The molecule has 2 rings (SSSR count). The molecule has 2 N–H and O–H groups in total. The van der Waals surface area contributed by atoms with Crippen LogP contribution in [0.15, 0.2) is 0 Å². The number of amides is 1. The van der Waals surface area contributed by atoms with Crippen molar-refractivity contribution >= 4 is 5.91 Å². The minimum absolute atomic E-state index is 0.261. The van der Waals surface area contributed by atoms with Crippen molar-refractivity contribution in [1.82, 2.24) is 4.90 Å². The van der Waals surface area contributed by atoms with E-state index in [4.69, 9.17) is 5.73 Å². The van der Waals surface area contributed by atoms with Gasteiger partial charge in [-0.15, -0.1) is 0 Å². The van der Waals surface area contributed by atoms with Crippen LogP contribution < -0.4 is 5.73 Å². The third kappa shape index (κ3) is 3.21. The van der Waals surface area contributed by atoms with Crippen molar-refractivity contribution in [3.8, 4) is 0 Å². The molecular formula is C14H26N2O. The molecule has 1 amide bonds. The lowest BCUT2D eigenvalue weighted by atomic mass is 9.83. The molecule has 2 fully saturated rings. The first-order valence-electron chi connectivity index (χ1n) is 7.24. The first kappa shape index (κ1) is 12.9. The van der Waals surface area contributed by atoms with Crippen molar-refractivity contribution in [1.29, 1.82) is 0 Å². The predicted molar refractivity (Wildman–Crippen MR) is 69.5 cm³/mol. The van der Waals surface area contributed by atoms with Gasteiger partial charge in [-0.3, -0.25) is 4.79 Å². The van der Waals surface area contributed by atoms with Gasteiger partial charge < -0.3 is 10.6 Å². The van der Waals surface area contributed by atoms with Crippen molar-refractivity contribution in [2.24, 2.45) is 17.6 Å². The monoisotopic (exact) mass is 238 g/mol. The van der Waals surface area contributed by atoms with Crippen molar-refractivity contribution in [3.05, 3.63) is 0 Å². The van der Waals surface area contributed by atoms with E-state index >= 15 is 0 Å². The van der Waals surface area contributed by atoms with Crippen LogP contribution in [-0.4, -0.2) is 29.9 Å². The number of nitrogens with two attached hydrogens (primary N) is 1. The molecule has 1 saturated carbocycles. The zero-order valence-electron chi connectivity index (χ0n) is 11.0. The van der Waals surface area contributed by atoms with Gasteiger partial charge >= 0.3 is 0 Å². The maximum atomic E-state index is 12.2. The first-order chi connectivity index (χ1) is 8.20. The number of carbonyl (C=O) groups excluding carboxylic acids is 1. The summed E-state index contributed by atoms with van der Waals surface area (Å²) in [7, 11) is 0. The standard InChI is InChI=1S/C14H26N2O/c1-2-11-7-8-16(10-11)14(17)9-12-5-3-4-6-13(12)15/h11-13H,2-10,15H2,1H3. The van der Waals surface area contributed by atoms with E-state index in [0.29, 0.717) is 18.2 Å². The van der Waals surface area contributed by atoms with E-state index in [-0.39, 0.29) is 6.04 Å². The number of carbonyl (C=O) groups is 1. The van der Waals surface area contributed by atoms with Crippen LogP contribution in [0.1, 0.15) is 51.9 Å². The molecule has 0 spiro atoms. The molecule has 98 valence electrons. The minimum Gasteiger partial charge on any atom is -0.342 e. The van der Waals surface area contributed by atoms with Crippen molar-refractivity contribution in [2.75, 3.05) is 13.1 Å². The molecule has 17 heavy (non-hydrogen) atoms. The second kappa shape index (κ2) is 5.85. The molecular weight excluding hydrogens is 212 g/mol. The topological polar surface area (TPSA) is 46.3 Å². The fourth-order valence-corrected chi connectivity index (χ4v) is 3.24. The van der Waals surface area contributed by atoms with E-state index in [1.165, 1.54) is 25.7 Å². The fraction of sp³-hybridized carbons (Fsp3) is 0.929. The lowest BCUT2D eigenvalue weighted by Crippen LogP contribution is -2.38. The Labute approximate surface area is 105 Å².